The highest BCUT2D eigenvalue weighted by Crippen LogP contribution is 2.38. The van der Waals surface area contributed by atoms with Gasteiger partial charge in [-0.2, -0.15) is 5.10 Å². The monoisotopic (exact) mass is 433 g/mol. The molecule has 0 unspecified atom stereocenters. The lowest BCUT2D eigenvalue weighted by atomic mass is 10.1. The Morgan fingerprint density at radius 2 is 1.91 bits per heavy atom. The van der Waals surface area contributed by atoms with Crippen molar-refractivity contribution in [3.05, 3.63) is 75.8 Å². The van der Waals surface area contributed by atoms with Crippen LogP contribution in [-0.4, -0.2) is 42.9 Å². The van der Waals surface area contributed by atoms with E-state index in [-0.39, 0.29) is 17.0 Å². The maximum atomic E-state index is 15.0. The van der Waals surface area contributed by atoms with Crippen molar-refractivity contribution in [3.8, 4) is 0 Å². The van der Waals surface area contributed by atoms with E-state index in [1.807, 2.05) is 39.8 Å². The summed E-state index contributed by atoms with van der Waals surface area (Å²) < 4.78 is 17.0. The molecule has 0 radical (unpaired) electrons. The Labute approximate surface area is 184 Å². The maximum Gasteiger partial charge on any atom is 0.276 e. The molecule has 32 heavy (non-hydrogen) atoms. The van der Waals surface area contributed by atoms with E-state index in [1.54, 1.807) is 12.3 Å². The second-order valence-corrected chi connectivity index (χ2v) is 8.18. The first kappa shape index (κ1) is 20.4. The van der Waals surface area contributed by atoms with Crippen LogP contribution >= 0.6 is 0 Å². The molecule has 2 N–H and O–H groups in total. The molecule has 2 aliphatic rings. The lowest BCUT2D eigenvalue weighted by molar-refractivity contribution is 0.0953. The summed E-state index contributed by atoms with van der Waals surface area (Å²) in [4.78, 5) is 27.9. The molecule has 0 bridgehead atoms. The number of aromatic nitrogens is 1. The van der Waals surface area contributed by atoms with Gasteiger partial charge in [-0.15, -0.1) is 0 Å². The molecule has 1 saturated carbocycles. The molecule has 7 nitrogen and oxygen atoms in total. The fourth-order valence-electron chi connectivity index (χ4n) is 4.09. The topological polar surface area (TPSA) is 78.7 Å². The quantitative estimate of drug-likeness (QED) is 0.479. The Morgan fingerprint density at radius 3 is 2.62 bits per heavy atom. The predicted octanol–water partition coefficient (Wildman–Crippen LogP) is 2.65. The first-order valence-electron chi connectivity index (χ1n) is 10.8. The molecule has 8 heteroatoms. The Hall–Kier alpha value is -3.52. The number of rotatable bonds is 5. The van der Waals surface area contributed by atoms with E-state index >= 15 is 4.39 Å². The minimum Gasteiger partial charge on any atom is -0.367 e. The zero-order chi connectivity index (χ0) is 22.1. The van der Waals surface area contributed by atoms with Crippen molar-refractivity contribution in [2.24, 2.45) is 5.10 Å². The Balaban J connectivity index is 1.51. The van der Waals surface area contributed by atoms with Crippen LogP contribution < -0.4 is 21.1 Å². The van der Waals surface area contributed by atoms with Gasteiger partial charge in [0.25, 0.3) is 5.91 Å². The second-order valence-electron chi connectivity index (χ2n) is 8.18. The Bertz CT molecular complexity index is 1240. The van der Waals surface area contributed by atoms with Crippen LogP contribution in [0, 0.1) is 5.82 Å². The van der Waals surface area contributed by atoms with Gasteiger partial charge in [0.1, 0.15) is 11.4 Å². The number of halogens is 1. The molecule has 1 amide bonds. The summed E-state index contributed by atoms with van der Waals surface area (Å²) in [6.45, 7) is 2.98. The number of anilines is 1. The van der Waals surface area contributed by atoms with Crippen molar-refractivity contribution in [2.45, 2.75) is 18.9 Å². The average molecular weight is 433 g/mol. The molecule has 1 aliphatic heterocycles. The predicted molar refractivity (Wildman–Crippen MR) is 123 cm³/mol. The molecule has 0 spiro atoms. The molecule has 1 saturated heterocycles. The Kier molecular flexibility index (Phi) is 5.45. The first-order valence-corrected chi connectivity index (χ1v) is 10.8. The van der Waals surface area contributed by atoms with E-state index < -0.39 is 17.2 Å². The van der Waals surface area contributed by atoms with Gasteiger partial charge in [-0.05, 0) is 30.5 Å². The van der Waals surface area contributed by atoms with Crippen molar-refractivity contribution in [1.29, 1.82) is 0 Å². The van der Waals surface area contributed by atoms with Crippen LogP contribution in [0.25, 0.3) is 10.9 Å². The van der Waals surface area contributed by atoms with Crippen molar-refractivity contribution in [1.82, 2.24) is 15.3 Å². The number of benzene rings is 2. The number of pyridine rings is 1. The molecular weight excluding hydrogens is 409 g/mol. The standard InChI is InChI=1S/C24H24FN5O2/c25-20-12-18-21(13-22(20)29-10-8-26-9-11-29)30(17-6-7-17)15-19(23(18)31)24(32)28-27-14-16-4-2-1-3-5-16/h1-5,12-15,17,26H,6-11H2,(H,28,32)/b27-14-. The van der Waals surface area contributed by atoms with Crippen LogP contribution in [0.1, 0.15) is 34.8 Å². The van der Waals surface area contributed by atoms with Crippen molar-refractivity contribution in [3.63, 3.8) is 0 Å². The van der Waals surface area contributed by atoms with Gasteiger partial charge in [-0.3, -0.25) is 9.59 Å². The first-order chi connectivity index (χ1) is 15.6. The summed E-state index contributed by atoms with van der Waals surface area (Å²) in [5.41, 5.74) is 3.88. The van der Waals surface area contributed by atoms with Gasteiger partial charge in [0.05, 0.1) is 17.4 Å². The van der Waals surface area contributed by atoms with Crippen LogP contribution in [0.3, 0.4) is 0 Å². The number of hydrogen-bond donors (Lipinski definition) is 2. The van der Waals surface area contributed by atoms with E-state index in [2.05, 4.69) is 15.8 Å². The van der Waals surface area contributed by atoms with Crippen molar-refractivity contribution in [2.75, 3.05) is 31.1 Å². The van der Waals surface area contributed by atoms with E-state index in [0.29, 0.717) is 24.3 Å². The minimum absolute atomic E-state index is 0.0380. The van der Waals surface area contributed by atoms with E-state index in [4.69, 9.17) is 0 Å². The zero-order valence-corrected chi connectivity index (χ0v) is 17.6. The van der Waals surface area contributed by atoms with E-state index in [0.717, 1.165) is 31.5 Å². The molecule has 2 heterocycles. The molecule has 5 rings (SSSR count). The highest BCUT2D eigenvalue weighted by atomic mass is 19.1. The number of nitrogens with zero attached hydrogens (tertiary/aromatic N) is 3. The SMILES string of the molecule is O=C(N/N=C\c1ccccc1)c1cn(C2CC2)c2cc(N3CCNCC3)c(F)cc2c1=O. The van der Waals surface area contributed by atoms with Gasteiger partial charge >= 0.3 is 0 Å². The molecule has 1 aliphatic carbocycles. The van der Waals surface area contributed by atoms with Gasteiger partial charge in [0.15, 0.2) is 0 Å². The number of carbonyl (C=O) groups excluding carboxylic acids is 1. The fourth-order valence-corrected chi connectivity index (χ4v) is 4.09. The van der Waals surface area contributed by atoms with Crippen molar-refractivity contribution < 1.29 is 9.18 Å². The van der Waals surface area contributed by atoms with E-state index in [1.165, 1.54) is 12.3 Å². The van der Waals surface area contributed by atoms with Crippen LogP contribution in [0.2, 0.25) is 0 Å². The van der Waals surface area contributed by atoms with Gasteiger partial charge in [0.2, 0.25) is 5.43 Å². The number of carbonyl (C=O) groups is 1. The highest BCUT2D eigenvalue weighted by molar-refractivity contribution is 5.98. The Morgan fingerprint density at radius 1 is 1.16 bits per heavy atom. The maximum absolute atomic E-state index is 15.0. The normalized spacial score (nSPS) is 16.6. The third-order valence-corrected chi connectivity index (χ3v) is 5.92. The molecule has 2 fully saturated rings. The molecule has 164 valence electrons. The highest BCUT2D eigenvalue weighted by Gasteiger charge is 2.28. The number of fused-ring (bicyclic) bond motifs is 1. The largest absolute Gasteiger partial charge is 0.367 e. The van der Waals surface area contributed by atoms with E-state index in [9.17, 15) is 9.59 Å². The van der Waals surface area contributed by atoms with Crippen LogP contribution in [-0.2, 0) is 0 Å². The number of amides is 1. The number of nitrogens with one attached hydrogen (secondary N) is 2. The number of hydrogen-bond acceptors (Lipinski definition) is 5. The zero-order valence-electron chi connectivity index (χ0n) is 17.6. The van der Waals surface area contributed by atoms with Gasteiger partial charge in [-0.25, -0.2) is 9.82 Å². The summed E-state index contributed by atoms with van der Waals surface area (Å²) in [6.07, 6.45) is 5.03. The summed E-state index contributed by atoms with van der Waals surface area (Å²) in [5, 5.41) is 7.44. The fraction of sp³-hybridized carbons (Fsp3) is 0.292. The van der Waals surface area contributed by atoms with Crippen LogP contribution in [0.15, 0.2) is 58.6 Å². The third kappa shape index (κ3) is 4.01. The second kappa shape index (κ2) is 8.55. The van der Waals surface area contributed by atoms with Gasteiger partial charge in [0, 0.05) is 43.8 Å². The summed E-state index contributed by atoms with van der Waals surface area (Å²) >= 11 is 0. The summed E-state index contributed by atoms with van der Waals surface area (Å²) in [6, 6.07) is 12.6. The molecule has 1 aromatic heterocycles. The molecule has 0 atom stereocenters. The average Bonchev–Trinajstić information content (AvgIpc) is 3.66. The van der Waals surface area contributed by atoms with Crippen LogP contribution in [0.5, 0.6) is 0 Å². The molecule has 3 aromatic rings. The lowest BCUT2D eigenvalue weighted by Crippen LogP contribution is -2.43. The smallest absolute Gasteiger partial charge is 0.276 e. The lowest BCUT2D eigenvalue weighted by Gasteiger charge is -2.30. The summed E-state index contributed by atoms with van der Waals surface area (Å²) in [7, 11) is 0. The van der Waals surface area contributed by atoms with Gasteiger partial charge < -0.3 is 14.8 Å². The van der Waals surface area contributed by atoms with Gasteiger partial charge in [-0.1, -0.05) is 30.3 Å². The van der Waals surface area contributed by atoms with Crippen LogP contribution in [0.4, 0.5) is 10.1 Å². The number of piperazine rings is 1. The summed E-state index contributed by atoms with van der Waals surface area (Å²) in [5.74, 6) is -1.05. The number of hydrazone groups is 1. The third-order valence-electron chi connectivity index (χ3n) is 5.92. The molecular formula is C24H24FN5O2. The molecule has 2 aromatic carbocycles. The van der Waals surface area contributed by atoms with Crippen molar-refractivity contribution >= 4 is 28.7 Å². The minimum atomic E-state index is -0.606.